The van der Waals surface area contributed by atoms with Gasteiger partial charge < -0.3 is 8.98 Å². The summed E-state index contributed by atoms with van der Waals surface area (Å²) in [6, 6.07) is 12.1. The number of rotatable bonds is 1. The molecule has 130 valence electrons. The van der Waals surface area contributed by atoms with E-state index in [2.05, 4.69) is 9.88 Å². The number of benzene rings is 2. The van der Waals surface area contributed by atoms with Crippen LogP contribution in [0.5, 0.6) is 0 Å². The second-order valence-electron chi connectivity index (χ2n) is 6.33. The highest BCUT2D eigenvalue weighted by molar-refractivity contribution is 6.35. The topological polar surface area (TPSA) is 30.1 Å². The highest BCUT2D eigenvalue weighted by Gasteiger charge is 2.28. The number of aromatic nitrogens is 1. The van der Waals surface area contributed by atoms with Crippen molar-refractivity contribution >= 4 is 34.0 Å². The van der Waals surface area contributed by atoms with Gasteiger partial charge in [0.25, 0.3) is 0 Å². The molecule has 0 radical (unpaired) electrons. The molecule has 5 rings (SSSR count). The quantitative estimate of drug-likeness (QED) is 0.443. The SMILES string of the molecule is Fc1ccc2c(C3NCc4c(Cl)cc(Cl)cc4-n4cccc43)occ2c1. The molecule has 0 spiro atoms. The van der Waals surface area contributed by atoms with Crippen molar-refractivity contribution in [3.8, 4) is 5.69 Å². The van der Waals surface area contributed by atoms with Gasteiger partial charge in [0.1, 0.15) is 17.6 Å². The van der Waals surface area contributed by atoms with Crippen molar-refractivity contribution in [2.45, 2.75) is 12.6 Å². The number of halogens is 3. The molecule has 6 heteroatoms. The van der Waals surface area contributed by atoms with Crippen LogP contribution >= 0.6 is 23.2 Å². The van der Waals surface area contributed by atoms with Gasteiger partial charge in [-0.25, -0.2) is 4.39 Å². The Kier molecular flexibility index (Phi) is 3.60. The van der Waals surface area contributed by atoms with Gasteiger partial charge in [-0.15, -0.1) is 0 Å². The minimum Gasteiger partial charge on any atom is -0.466 e. The molecular weight excluding hydrogens is 374 g/mol. The number of hydrogen-bond donors (Lipinski definition) is 1. The maximum absolute atomic E-state index is 13.5. The van der Waals surface area contributed by atoms with Crippen LogP contribution in [-0.4, -0.2) is 4.57 Å². The molecular formula is C20H13Cl2FN2O. The molecule has 0 fully saturated rings. The molecule has 0 saturated heterocycles. The number of furan rings is 1. The smallest absolute Gasteiger partial charge is 0.134 e. The molecule has 1 aliphatic heterocycles. The maximum Gasteiger partial charge on any atom is 0.134 e. The van der Waals surface area contributed by atoms with Gasteiger partial charge in [-0.1, -0.05) is 23.2 Å². The average molecular weight is 387 g/mol. The predicted octanol–water partition coefficient (Wildman–Crippen LogP) is 5.86. The van der Waals surface area contributed by atoms with Gasteiger partial charge in [0.2, 0.25) is 0 Å². The van der Waals surface area contributed by atoms with Crippen molar-refractivity contribution < 1.29 is 8.81 Å². The summed E-state index contributed by atoms with van der Waals surface area (Å²) in [5.74, 6) is 0.464. The third-order valence-corrected chi connectivity index (χ3v) is 5.36. The fourth-order valence-electron chi connectivity index (χ4n) is 3.63. The standard InChI is InChI=1S/C20H13Cl2FN2O/c21-12-7-16(22)15-9-24-19(17-2-1-5-25(17)18(15)8-12)20-14-4-3-13(23)6-11(14)10-26-20/h1-8,10,19,24H,9H2. The van der Waals surface area contributed by atoms with E-state index in [1.807, 2.05) is 24.4 Å². The lowest BCUT2D eigenvalue weighted by Crippen LogP contribution is -2.21. The molecule has 0 aliphatic carbocycles. The lowest BCUT2D eigenvalue weighted by Gasteiger charge is -2.15. The normalized spacial score (nSPS) is 16.3. The van der Waals surface area contributed by atoms with E-state index < -0.39 is 0 Å². The van der Waals surface area contributed by atoms with Crippen LogP contribution in [0.25, 0.3) is 16.5 Å². The molecule has 0 saturated carbocycles. The molecule has 1 aliphatic rings. The first-order chi connectivity index (χ1) is 12.6. The highest BCUT2D eigenvalue weighted by Crippen LogP contribution is 2.37. The number of nitrogens with zero attached hydrogens (tertiary/aromatic N) is 1. The highest BCUT2D eigenvalue weighted by atomic mass is 35.5. The van der Waals surface area contributed by atoms with Gasteiger partial charge in [0.05, 0.1) is 12.0 Å². The van der Waals surface area contributed by atoms with Crippen molar-refractivity contribution in [3.05, 3.63) is 87.8 Å². The first kappa shape index (κ1) is 15.9. The van der Waals surface area contributed by atoms with Crippen molar-refractivity contribution in [1.29, 1.82) is 0 Å². The Labute approximate surface area is 158 Å². The van der Waals surface area contributed by atoms with Crippen LogP contribution < -0.4 is 5.32 Å². The Hall–Kier alpha value is -2.27. The molecule has 2 aromatic carbocycles. The zero-order valence-electron chi connectivity index (χ0n) is 13.5. The minimum atomic E-state index is -0.282. The van der Waals surface area contributed by atoms with Gasteiger partial charge in [-0.2, -0.15) is 0 Å². The summed E-state index contributed by atoms with van der Waals surface area (Å²) in [7, 11) is 0. The van der Waals surface area contributed by atoms with Crippen molar-refractivity contribution in [2.24, 2.45) is 0 Å². The number of fused-ring (bicyclic) bond motifs is 4. The van der Waals surface area contributed by atoms with Gasteiger partial charge in [-0.3, -0.25) is 5.32 Å². The van der Waals surface area contributed by atoms with Crippen molar-refractivity contribution in [3.63, 3.8) is 0 Å². The summed E-state index contributed by atoms with van der Waals surface area (Å²) < 4.78 is 21.4. The molecule has 26 heavy (non-hydrogen) atoms. The summed E-state index contributed by atoms with van der Waals surface area (Å²) in [6.07, 6.45) is 3.57. The molecule has 0 bridgehead atoms. The number of hydrogen-bond acceptors (Lipinski definition) is 2. The van der Waals surface area contributed by atoms with Crippen LogP contribution in [0.1, 0.15) is 23.1 Å². The van der Waals surface area contributed by atoms with Gasteiger partial charge in [0, 0.05) is 44.8 Å². The Balaban J connectivity index is 1.71. The molecule has 1 unspecified atom stereocenters. The molecule has 3 heterocycles. The third kappa shape index (κ3) is 2.37. The molecule has 4 aromatic rings. The van der Waals surface area contributed by atoms with E-state index in [0.29, 0.717) is 16.6 Å². The lowest BCUT2D eigenvalue weighted by molar-refractivity contribution is 0.448. The average Bonchev–Trinajstić information content (AvgIpc) is 3.21. The summed E-state index contributed by atoms with van der Waals surface area (Å²) in [5.41, 5.74) is 2.92. The van der Waals surface area contributed by atoms with Crippen LogP contribution in [0.15, 0.2) is 59.3 Å². The van der Waals surface area contributed by atoms with Crippen LogP contribution in [-0.2, 0) is 6.54 Å². The summed E-state index contributed by atoms with van der Waals surface area (Å²) in [5, 5.41) is 6.34. The predicted molar refractivity (Wildman–Crippen MR) is 101 cm³/mol. The van der Waals surface area contributed by atoms with Crippen LogP contribution in [0.4, 0.5) is 4.39 Å². The van der Waals surface area contributed by atoms with Crippen LogP contribution in [0, 0.1) is 5.82 Å². The zero-order valence-corrected chi connectivity index (χ0v) is 15.0. The maximum atomic E-state index is 13.5. The molecule has 0 amide bonds. The summed E-state index contributed by atoms with van der Waals surface area (Å²) in [6.45, 7) is 0.557. The van der Waals surface area contributed by atoms with E-state index in [1.165, 1.54) is 12.1 Å². The zero-order chi connectivity index (χ0) is 17.8. The van der Waals surface area contributed by atoms with Gasteiger partial charge in [0.15, 0.2) is 0 Å². The molecule has 2 aromatic heterocycles. The lowest BCUT2D eigenvalue weighted by atomic mass is 10.1. The Bertz CT molecular complexity index is 1150. The van der Waals surface area contributed by atoms with Crippen molar-refractivity contribution in [2.75, 3.05) is 0 Å². The minimum absolute atomic E-state index is 0.199. The Morgan fingerprint density at radius 1 is 1.15 bits per heavy atom. The first-order valence-corrected chi connectivity index (χ1v) is 8.93. The summed E-state index contributed by atoms with van der Waals surface area (Å²) >= 11 is 12.7. The number of nitrogens with one attached hydrogen (secondary N) is 1. The van der Waals surface area contributed by atoms with E-state index in [9.17, 15) is 4.39 Å². The van der Waals surface area contributed by atoms with E-state index in [0.717, 1.165) is 33.5 Å². The van der Waals surface area contributed by atoms with Crippen LogP contribution in [0.3, 0.4) is 0 Å². The monoisotopic (exact) mass is 386 g/mol. The van der Waals surface area contributed by atoms with E-state index >= 15 is 0 Å². The summed E-state index contributed by atoms with van der Waals surface area (Å²) in [4.78, 5) is 0. The largest absolute Gasteiger partial charge is 0.466 e. The van der Waals surface area contributed by atoms with Gasteiger partial charge >= 0.3 is 0 Å². The molecule has 1 atom stereocenters. The van der Waals surface area contributed by atoms with E-state index in [4.69, 9.17) is 27.6 Å². The first-order valence-electron chi connectivity index (χ1n) is 8.17. The molecule has 1 N–H and O–H groups in total. The Morgan fingerprint density at radius 2 is 2.04 bits per heavy atom. The second-order valence-corrected chi connectivity index (χ2v) is 7.18. The second kappa shape index (κ2) is 5.88. The van der Waals surface area contributed by atoms with E-state index in [1.54, 1.807) is 18.4 Å². The van der Waals surface area contributed by atoms with E-state index in [-0.39, 0.29) is 11.9 Å². The Morgan fingerprint density at radius 3 is 2.92 bits per heavy atom. The van der Waals surface area contributed by atoms with Gasteiger partial charge in [-0.05, 0) is 42.5 Å². The molecule has 3 nitrogen and oxygen atoms in total. The fourth-order valence-corrected chi connectivity index (χ4v) is 4.18. The van der Waals surface area contributed by atoms with Crippen LogP contribution in [0.2, 0.25) is 10.0 Å². The third-order valence-electron chi connectivity index (χ3n) is 4.81. The fraction of sp³-hybridized carbons (Fsp3) is 0.100. The van der Waals surface area contributed by atoms with Crippen molar-refractivity contribution in [1.82, 2.24) is 9.88 Å².